The number of methoxy groups -OCH3 is 1. The van der Waals surface area contributed by atoms with Crippen molar-refractivity contribution in [3.05, 3.63) is 48.4 Å². The van der Waals surface area contributed by atoms with Crippen molar-refractivity contribution in [2.45, 2.75) is 37.0 Å². The van der Waals surface area contributed by atoms with Gasteiger partial charge in [-0.3, -0.25) is 0 Å². The van der Waals surface area contributed by atoms with Crippen molar-refractivity contribution in [2.75, 3.05) is 13.7 Å². The molecule has 6 atom stereocenters. The lowest BCUT2D eigenvalue weighted by molar-refractivity contribution is -0.352. The van der Waals surface area contributed by atoms with Crippen molar-refractivity contribution in [1.29, 1.82) is 0 Å². The molecule has 0 radical (unpaired) electrons. The number of hydrogen-bond acceptors (Lipinski definition) is 8. The van der Waals surface area contributed by atoms with Gasteiger partial charge in [0.15, 0.2) is 5.76 Å². The highest BCUT2D eigenvalue weighted by Crippen LogP contribution is 2.35. The second kappa shape index (κ2) is 7.26. The highest BCUT2D eigenvalue weighted by Gasteiger charge is 2.50. The Morgan fingerprint density at radius 2 is 1.88 bits per heavy atom. The first-order valence-electron chi connectivity index (χ1n) is 8.28. The van der Waals surface area contributed by atoms with E-state index in [1.54, 1.807) is 43.5 Å². The minimum Gasteiger partial charge on any atom is -0.497 e. The van der Waals surface area contributed by atoms with Crippen LogP contribution >= 0.6 is 0 Å². The molecule has 140 valence electrons. The van der Waals surface area contributed by atoms with Crippen LogP contribution in [0.2, 0.25) is 0 Å². The van der Waals surface area contributed by atoms with Crippen molar-refractivity contribution >= 4 is 0 Å². The molecule has 8 heteroatoms. The lowest BCUT2D eigenvalue weighted by Crippen LogP contribution is -2.62. The lowest BCUT2D eigenvalue weighted by atomic mass is 9.98. The summed E-state index contributed by atoms with van der Waals surface area (Å²) in [5.41, 5.74) is 0. The Hall–Kier alpha value is -2.10. The summed E-state index contributed by atoms with van der Waals surface area (Å²) >= 11 is 0. The molecule has 2 N–H and O–H groups in total. The lowest BCUT2D eigenvalue weighted by Gasteiger charge is -2.45. The molecule has 2 saturated heterocycles. The fourth-order valence-electron chi connectivity index (χ4n) is 3.05. The van der Waals surface area contributed by atoms with E-state index >= 15 is 0 Å². The molecule has 2 aliphatic rings. The second-order valence-electron chi connectivity index (χ2n) is 6.10. The molecule has 2 fully saturated rings. The average Bonchev–Trinajstić information content (AvgIpc) is 3.20. The van der Waals surface area contributed by atoms with Gasteiger partial charge in [-0.05, 0) is 24.3 Å². The van der Waals surface area contributed by atoms with Crippen molar-refractivity contribution in [3.63, 3.8) is 0 Å². The number of aliphatic hydroxyl groups excluding tert-OH is 2. The Morgan fingerprint density at radius 3 is 2.65 bits per heavy atom. The molecule has 1 aromatic heterocycles. The summed E-state index contributed by atoms with van der Waals surface area (Å²) in [6.45, 7) is 0.164. The van der Waals surface area contributed by atoms with Crippen molar-refractivity contribution in [1.82, 2.24) is 0 Å². The number of fused-ring (bicyclic) bond motifs is 1. The summed E-state index contributed by atoms with van der Waals surface area (Å²) in [6, 6.07) is 10.3. The highest BCUT2D eigenvalue weighted by molar-refractivity contribution is 5.33. The van der Waals surface area contributed by atoms with Crippen LogP contribution in [0.1, 0.15) is 12.1 Å². The highest BCUT2D eigenvalue weighted by atomic mass is 16.8. The van der Waals surface area contributed by atoms with Gasteiger partial charge in [0.25, 0.3) is 0 Å². The molecule has 4 rings (SSSR count). The first kappa shape index (κ1) is 17.3. The Balaban J connectivity index is 1.45. The largest absolute Gasteiger partial charge is 0.497 e. The van der Waals surface area contributed by atoms with Crippen LogP contribution in [0, 0.1) is 0 Å². The molecule has 0 amide bonds. The number of hydrogen-bond donors (Lipinski definition) is 2. The summed E-state index contributed by atoms with van der Waals surface area (Å²) in [6.07, 6.45) is -4.16. The molecule has 8 nitrogen and oxygen atoms in total. The van der Waals surface area contributed by atoms with E-state index in [-0.39, 0.29) is 6.61 Å². The van der Waals surface area contributed by atoms with Gasteiger partial charge in [0.1, 0.15) is 35.9 Å². The van der Waals surface area contributed by atoms with Crippen LogP contribution < -0.4 is 9.47 Å². The molecule has 0 aliphatic carbocycles. The first-order chi connectivity index (χ1) is 12.7. The predicted octanol–water partition coefficient (Wildman–Crippen LogP) is 1.23. The van der Waals surface area contributed by atoms with Gasteiger partial charge in [0, 0.05) is 6.07 Å². The van der Waals surface area contributed by atoms with Gasteiger partial charge in [-0.1, -0.05) is 6.07 Å². The monoisotopic (exact) mass is 364 g/mol. The van der Waals surface area contributed by atoms with Crippen LogP contribution in [0.15, 0.2) is 47.1 Å². The fourth-order valence-corrected chi connectivity index (χ4v) is 3.05. The quantitative estimate of drug-likeness (QED) is 0.836. The normalized spacial score (nSPS) is 34.1. The van der Waals surface area contributed by atoms with E-state index in [4.69, 9.17) is 28.1 Å². The van der Waals surface area contributed by atoms with Crippen LogP contribution in [-0.2, 0) is 14.2 Å². The number of rotatable bonds is 4. The van der Waals surface area contributed by atoms with Crippen molar-refractivity contribution in [2.24, 2.45) is 0 Å². The zero-order valence-electron chi connectivity index (χ0n) is 14.1. The summed E-state index contributed by atoms with van der Waals surface area (Å²) in [4.78, 5) is 0. The van der Waals surface area contributed by atoms with Crippen LogP contribution in [0.25, 0.3) is 0 Å². The van der Waals surface area contributed by atoms with Gasteiger partial charge in [-0.25, -0.2) is 0 Å². The zero-order valence-corrected chi connectivity index (χ0v) is 14.1. The predicted molar refractivity (Wildman–Crippen MR) is 86.6 cm³/mol. The maximum absolute atomic E-state index is 10.5. The summed E-state index contributed by atoms with van der Waals surface area (Å²) < 4.78 is 33.2. The van der Waals surface area contributed by atoms with E-state index in [2.05, 4.69) is 0 Å². The van der Waals surface area contributed by atoms with Gasteiger partial charge in [0.2, 0.25) is 12.6 Å². The van der Waals surface area contributed by atoms with E-state index in [1.807, 2.05) is 0 Å². The average molecular weight is 364 g/mol. The molecule has 0 bridgehead atoms. The maximum Gasteiger partial charge on any atom is 0.229 e. The van der Waals surface area contributed by atoms with Crippen LogP contribution in [0.5, 0.6) is 11.5 Å². The van der Waals surface area contributed by atoms with Gasteiger partial charge >= 0.3 is 0 Å². The van der Waals surface area contributed by atoms with Crippen molar-refractivity contribution < 1.29 is 38.3 Å². The summed E-state index contributed by atoms with van der Waals surface area (Å²) in [5.74, 6) is 1.54. The Labute approximate surface area is 149 Å². The topological polar surface area (TPSA) is 99.8 Å². The molecular weight excluding hydrogens is 344 g/mol. The van der Waals surface area contributed by atoms with Crippen molar-refractivity contribution in [3.8, 4) is 11.5 Å². The third kappa shape index (κ3) is 3.29. The molecule has 2 aromatic rings. The van der Waals surface area contributed by atoms with Crippen LogP contribution in [-0.4, -0.2) is 54.6 Å². The van der Waals surface area contributed by atoms with E-state index in [1.165, 1.54) is 6.26 Å². The molecule has 0 saturated carbocycles. The maximum atomic E-state index is 10.5. The number of furan rings is 1. The Bertz CT molecular complexity index is 716. The molecule has 1 aromatic carbocycles. The van der Waals surface area contributed by atoms with E-state index < -0.39 is 37.0 Å². The summed E-state index contributed by atoms with van der Waals surface area (Å²) in [7, 11) is 1.55. The van der Waals surface area contributed by atoms with Gasteiger partial charge < -0.3 is 38.3 Å². The number of aliphatic hydroxyl groups is 2. The van der Waals surface area contributed by atoms with Gasteiger partial charge in [-0.2, -0.15) is 0 Å². The fraction of sp³-hybridized carbons (Fsp3) is 0.444. The van der Waals surface area contributed by atoms with E-state index in [9.17, 15) is 10.2 Å². The minimum atomic E-state index is -1.29. The standard InChI is InChI=1S/C18H20O8/c1-21-10-4-2-5-11(8-10)24-18-15(20)14(19)16-13(25-18)9-23-17(26-16)12-6-3-7-22-12/h2-8,13-20H,9H2,1H3. The molecular formula is C18H20O8. The Kier molecular flexibility index (Phi) is 4.84. The molecule has 2 aliphatic heterocycles. The molecule has 26 heavy (non-hydrogen) atoms. The molecule has 3 heterocycles. The van der Waals surface area contributed by atoms with Gasteiger partial charge in [-0.15, -0.1) is 0 Å². The zero-order chi connectivity index (χ0) is 18.1. The third-order valence-electron chi connectivity index (χ3n) is 4.40. The third-order valence-corrected chi connectivity index (χ3v) is 4.40. The van der Waals surface area contributed by atoms with Gasteiger partial charge in [0.05, 0.1) is 20.0 Å². The van der Waals surface area contributed by atoms with Crippen LogP contribution in [0.4, 0.5) is 0 Å². The smallest absolute Gasteiger partial charge is 0.229 e. The second-order valence-corrected chi connectivity index (χ2v) is 6.10. The molecule has 6 unspecified atom stereocenters. The number of benzene rings is 1. The Morgan fingerprint density at radius 1 is 1.04 bits per heavy atom. The SMILES string of the molecule is COc1cccc(OC2OC3COC(c4ccco4)OC3C(O)C2O)c1. The van der Waals surface area contributed by atoms with E-state index in [0.717, 1.165) is 0 Å². The van der Waals surface area contributed by atoms with Crippen LogP contribution in [0.3, 0.4) is 0 Å². The minimum absolute atomic E-state index is 0.164. The first-order valence-corrected chi connectivity index (χ1v) is 8.28. The summed E-state index contributed by atoms with van der Waals surface area (Å²) in [5, 5.41) is 20.9. The van der Waals surface area contributed by atoms with E-state index in [0.29, 0.717) is 17.3 Å². The molecule has 0 spiro atoms. The number of ether oxygens (including phenoxy) is 5.